The minimum Gasteiger partial charge on any atom is -0.326 e. The molecule has 0 aliphatic heterocycles. The molecule has 2 aromatic heterocycles. The molecule has 2 rings (SSSR count). The van der Waals surface area contributed by atoms with E-state index in [4.69, 9.17) is 5.73 Å². The molecular formula is C10H13N3. The van der Waals surface area contributed by atoms with Gasteiger partial charge in [-0.1, -0.05) is 13.0 Å². The van der Waals surface area contributed by atoms with Crippen molar-refractivity contribution in [1.29, 1.82) is 0 Å². The average molecular weight is 175 g/mol. The summed E-state index contributed by atoms with van der Waals surface area (Å²) in [6, 6.07) is 4.09. The fourth-order valence-corrected chi connectivity index (χ4v) is 1.47. The van der Waals surface area contributed by atoms with Crippen molar-refractivity contribution in [3.63, 3.8) is 0 Å². The van der Waals surface area contributed by atoms with Gasteiger partial charge >= 0.3 is 0 Å². The molecule has 0 fully saturated rings. The predicted molar refractivity (Wildman–Crippen MR) is 52.5 cm³/mol. The van der Waals surface area contributed by atoms with Gasteiger partial charge in [-0.25, -0.2) is 4.98 Å². The van der Waals surface area contributed by atoms with Crippen LogP contribution in [0.4, 0.5) is 0 Å². The highest BCUT2D eigenvalue weighted by molar-refractivity contribution is 5.46. The van der Waals surface area contributed by atoms with Gasteiger partial charge in [0.25, 0.3) is 0 Å². The highest BCUT2D eigenvalue weighted by atomic mass is 15.0. The Morgan fingerprint density at radius 1 is 1.46 bits per heavy atom. The van der Waals surface area contributed by atoms with Crippen LogP contribution in [0.25, 0.3) is 5.52 Å². The van der Waals surface area contributed by atoms with Gasteiger partial charge < -0.3 is 10.1 Å². The number of aryl methyl sites for hydroxylation is 1. The molecule has 2 aromatic rings. The van der Waals surface area contributed by atoms with E-state index < -0.39 is 0 Å². The third kappa shape index (κ3) is 1.31. The molecule has 0 radical (unpaired) electrons. The van der Waals surface area contributed by atoms with Crippen LogP contribution in [0, 0.1) is 0 Å². The molecule has 2 heterocycles. The predicted octanol–water partition coefficient (Wildman–Crippen LogP) is 1.36. The molecule has 68 valence electrons. The summed E-state index contributed by atoms with van der Waals surface area (Å²) in [4.78, 5) is 4.31. The minimum atomic E-state index is 0.581. The van der Waals surface area contributed by atoms with Crippen molar-refractivity contribution in [2.45, 2.75) is 19.9 Å². The average Bonchev–Trinajstić information content (AvgIpc) is 2.59. The molecule has 0 atom stereocenters. The second kappa shape index (κ2) is 3.18. The molecular weight excluding hydrogens is 162 g/mol. The van der Waals surface area contributed by atoms with E-state index in [9.17, 15) is 0 Å². The smallest absolute Gasteiger partial charge is 0.112 e. The Kier molecular flexibility index (Phi) is 2.02. The number of hydrogen-bond donors (Lipinski definition) is 1. The van der Waals surface area contributed by atoms with E-state index >= 15 is 0 Å². The molecule has 0 aliphatic carbocycles. The summed E-state index contributed by atoms with van der Waals surface area (Å²) in [5, 5.41) is 0. The Bertz CT molecular complexity index is 417. The Morgan fingerprint density at radius 3 is 3.00 bits per heavy atom. The maximum Gasteiger partial charge on any atom is 0.112 e. The van der Waals surface area contributed by atoms with E-state index in [-0.39, 0.29) is 0 Å². The van der Waals surface area contributed by atoms with E-state index in [1.165, 1.54) is 0 Å². The van der Waals surface area contributed by atoms with Crippen LogP contribution in [-0.2, 0) is 13.0 Å². The van der Waals surface area contributed by atoms with E-state index in [2.05, 4.69) is 22.5 Å². The normalized spacial score (nSPS) is 10.9. The Balaban J connectivity index is 2.64. The zero-order chi connectivity index (χ0) is 9.26. The monoisotopic (exact) mass is 175 g/mol. The fourth-order valence-electron chi connectivity index (χ4n) is 1.47. The van der Waals surface area contributed by atoms with Crippen LogP contribution in [0.1, 0.15) is 18.3 Å². The zero-order valence-electron chi connectivity index (χ0n) is 7.70. The molecule has 13 heavy (non-hydrogen) atoms. The number of hydrogen-bond acceptors (Lipinski definition) is 2. The molecule has 3 nitrogen and oxygen atoms in total. The van der Waals surface area contributed by atoms with Crippen molar-refractivity contribution in [3.05, 3.63) is 35.9 Å². The molecule has 0 amide bonds. The molecule has 0 saturated carbocycles. The molecule has 0 aromatic carbocycles. The first-order valence-electron chi connectivity index (χ1n) is 4.50. The lowest BCUT2D eigenvalue weighted by molar-refractivity contribution is 0.917. The lowest BCUT2D eigenvalue weighted by Gasteiger charge is -2.01. The number of imidazole rings is 1. The van der Waals surface area contributed by atoms with Crippen molar-refractivity contribution >= 4 is 5.52 Å². The largest absolute Gasteiger partial charge is 0.326 e. The van der Waals surface area contributed by atoms with Crippen molar-refractivity contribution < 1.29 is 0 Å². The maximum absolute atomic E-state index is 5.57. The molecule has 0 aliphatic rings. The lowest BCUT2D eigenvalue weighted by atomic mass is 10.3. The van der Waals surface area contributed by atoms with E-state index in [0.29, 0.717) is 6.54 Å². The van der Waals surface area contributed by atoms with Gasteiger partial charge in [-0.15, -0.1) is 0 Å². The Morgan fingerprint density at radius 2 is 2.31 bits per heavy atom. The van der Waals surface area contributed by atoms with Gasteiger partial charge in [-0.3, -0.25) is 0 Å². The van der Waals surface area contributed by atoms with Crippen molar-refractivity contribution in [2.75, 3.05) is 0 Å². The van der Waals surface area contributed by atoms with Crippen LogP contribution >= 0.6 is 0 Å². The van der Waals surface area contributed by atoms with Gasteiger partial charge in [-0.2, -0.15) is 0 Å². The summed E-state index contributed by atoms with van der Waals surface area (Å²) in [6.45, 7) is 2.68. The number of nitrogens with zero attached hydrogens (tertiary/aromatic N) is 2. The molecule has 0 unspecified atom stereocenters. The first-order chi connectivity index (χ1) is 6.35. The van der Waals surface area contributed by atoms with E-state index in [1.807, 2.05) is 18.3 Å². The van der Waals surface area contributed by atoms with Crippen molar-refractivity contribution in [1.82, 2.24) is 9.38 Å². The molecule has 0 bridgehead atoms. The van der Waals surface area contributed by atoms with Gasteiger partial charge in [-0.05, 0) is 11.6 Å². The quantitative estimate of drug-likeness (QED) is 0.748. The first-order valence-corrected chi connectivity index (χ1v) is 4.50. The zero-order valence-corrected chi connectivity index (χ0v) is 7.70. The highest BCUT2D eigenvalue weighted by Gasteiger charge is 2.00. The number of aromatic nitrogens is 2. The summed E-state index contributed by atoms with van der Waals surface area (Å²) in [5.41, 5.74) is 7.84. The maximum atomic E-state index is 5.57. The second-order valence-corrected chi connectivity index (χ2v) is 3.06. The SMILES string of the molecule is CCc1ncc2ccc(CN)cn12. The third-order valence-corrected chi connectivity index (χ3v) is 2.22. The standard InChI is InChI=1S/C10H13N3/c1-2-10-12-6-9-4-3-8(5-11)7-13(9)10/h3-4,6-7H,2,5,11H2,1H3. The summed E-state index contributed by atoms with van der Waals surface area (Å²) in [7, 11) is 0. The van der Waals surface area contributed by atoms with Gasteiger partial charge in [0.05, 0.1) is 11.7 Å². The van der Waals surface area contributed by atoms with Crippen molar-refractivity contribution in [3.8, 4) is 0 Å². The van der Waals surface area contributed by atoms with Gasteiger partial charge in [0.2, 0.25) is 0 Å². The van der Waals surface area contributed by atoms with Crippen LogP contribution in [-0.4, -0.2) is 9.38 Å². The highest BCUT2D eigenvalue weighted by Crippen LogP contribution is 2.09. The summed E-state index contributed by atoms with van der Waals surface area (Å²) >= 11 is 0. The van der Waals surface area contributed by atoms with Gasteiger partial charge in [0, 0.05) is 19.2 Å². The molecule has 2 N–H and O–H groups in total. The Hall–Kier alpha value is -1.35. The number of rotatable bonds is 2. The third-order valence-electron chi connectivity index (χ3n) is 2.22. The number of fused-ring (bicyclic) bond motifs is 1. The Labute approximate surface area is 77.2 Å². The van der Waals surface area contributed by atoms with Crippen LogP contribution in [0.3, 0.4) is 0 Å². The van der Waals surface area contributed by atoms with Crippen LogP contribution < -0.4 is 5.73 Å². The topological polar surface area (TPSA) is 43.3 Å². The number of nitrogens with two attached hydrogens (primary N) is 1. The van der Waals surface area contributed by atoms with Crippen LogP contribution in [0.2, 0.25) is 0 Å². The van der Waals surface area contributed by atoms with E-state index in [0.717, 1.165) is 23.3 Å². The second-order valence-electron chi connectivity index (χ2n) is 3.06. The van der Waals surface area contributed by atoms with Crippen LogP contribution in [0.15, 0.2) is 24.5 Å². The number of pyridine rings is 1. The van der Waals surface area contributed by atoms with Crippen LogP contribution in [0.5, 0.6) is 0 Å². The summed E-state index contributed by atoms with van der Waals surface area (Å²) in [6.07, 6.45) is 4.89. The lowest BCUT2D eigenvalue weighted by Crippen LogP contribution is -1.99. The van der Waals surface area contributed by atoms with Gasteiger partial charge in [0.1, 0.15) is 5.82 Å². The molecule has 3 heteroatoms. The van der Waals surface area contributed by atoms with E-state index in [1.54, 1.807) is 0 Å². The first kappa shape index (κ1) is 8.26. The van der Waals surface area contributed by atoms with Gasteiger partial charge in [0.15, 0.2) is 0 Å². The fraction of sp³-hybridized carbons (Fsp3) is 0.300. The summed E-state index contributed by atoms with van der Waals surface area (Å²) < 4.78 is 2.10. The van der Waals surface area contributed by atoms with Crippen molar-refractivity contribution in [2.24, 2.45) is 5.73 Å². The minimum absolute atomic E-state index is 0.581. The molecule has 0 saturated heterocycles. The summed E-state index contributed by atoms with van der Waals surface area (Å²) in [5.74, 6) is 1.09. The molecule has 0 spiro atoms.